The number of sulfonamides is 1. The van der Waals surface area contributed by atoms with Crippen molar-refractivity contribution >= 4 is 56.4 Å². The maximum Gasteiger partial charge on any atom is 0.271 e. The van der Waals surface area contributed by atoms with Gasteiger partial charge in [0.1, 0.15) is 12.6 Å². The summed E-state index contributed by atoms with van der Waals surface area (Å²) >= 11 is 12.4. The highest BCUT2D eigenvalue weighted by atomic mass is 35.5. The van der Waals surface area contributed by atoms with E-state index in [1.807, 2.05) is 37.3 Å². The molecule has 0 saturated heterocycles. The quantitative estimate of drug-likeness (QED) is 0.123. The van der Waals surface area contributed by atoms with Crippen LogP contribution < -0.4 is 9.62 Å². The second-order valence-corrected chi connectivity index (χ2v) is 13.0. The third-order valence-corrected chi connectivity index (χ3v) is 9.62. The first kappa shape index (κ1) is 34.4. The van der Waals surface area contributed by atoms with Crippen LogP contribution in [0.2, 0.25) is 10.0 Å². The summed E-state index contributed by atoms with van der Waals surface area (Å²) < 4.78 is 28.9. The zero-order chi connectivity index (χ0) is 33.3. The molecule has 13 heteroatoms. The summed E-state index contributed by atoms with van der Waals surface area (Å²) in [6.45, 7) is 1.39. The van der Waals surface area contributed by atoms with Gasteiger partial charge in [-0.05, 0) is 47.9 Å². The minimum atomic E-state index is -4.41. The van der Waals surface area contributed by atoms with E-state index >= 15 is 0 Å². The molecule has 240 valence electrons. The fraction of sp³-hybridized carbons (Fsp3) is 0.212. The first-order chi connectivity index (χ1) is 22.0. The summed E-state index contributed by atoms with van der Waals surface area (Å²) in [5, 5.41) is 15.0. The minimum Gasteiger partial charge on any atom is -0.354 e. The third-order valence-electron chi connectivity index (χ3n) is 7.10. The Balaban J connectivity index is 1.83. The first-order valence-corrected chi connectivity index (χ1v) is 16.6. The van der Waals surface area contributed by atoms with Crippen LogP contribution in [0.1, 0.15) is 24.5 Å². The Kier molecular flexibility index (Phi) is 11.8. The number of halogens is 2. The Morgan fingerprint density at radius 1 is 0.870 bits per heavy atom. The van der Waals surface area contributed by atoms with Crippen molar-refractivity contribution in [3.05, 3.63) is 134 Å². The van der Waals surface area contributed by atoms with Gasteiger partial charge in [0.2, 0.25) is 11.8 Å². The van der Waals surface area contributed by atoms with Gasteiger partial charge < -0.3 is 10.2 Å². The number of hydrogen-bond acceptors (Lipinski definition) is 6. The van der Waals surface area contributed by atoms with Gasteiger partial charge in [0.25, 0.3) is 15.7 Å². The SMILES string of the molecule is CCCNC(=O)[C@H](Cc1ccccc1)N(Cc1ccc(Cl)c(Cl)c1)C(=O)CN(c1cccc([N+](=O)[O-])c1)S(=O)(=O)c1ccccc1. The molecule has 0 aliphatic heterocycles. The van der Waals surface area contributed by atoms with Crippen molar-refractivity contribution < 1.29 is 22.9 Å². The maximum absolute atomic E-state index is 14.4. The van der Waals surface area contributed by atoms with Gasteiger partial charge in [-0.15, -0.1) is 0 Å². The average molecular weight is 684 g/mol. The van der Waals surface area contributed by atoms with Crippen molar-refractivity contribution in [3.63, 3.8) is 0 Å². The summed E-state index contributed by atoms with van der Waals surface area (Å²) in [7, 11) is -4.41. The van der Waals surface area contributed by atoms with E-state index in [1.165, 1.54) is 47.4 Å². The van der Waals surface area contributed by atoms with Crippen molar-refractivity contribution in [1.29, 1.82) is 0 Å². The Morgan fingerprint density at radius 2 is 1.54 bits per heavy atom. The molecule has 0 aliphatic carbocycles. The smallest absolute Gasteiger partial charge is 0.271 e. The lowest BCUT2D eigenvalue weighted by molar-refractivity contribution is -0.384. The first-order valence-electron chi connectivity index (χ1n) is 14.4. The fourth-order valence-corrected chi connectivity index (χ4v) is 6.51. The standard InChI is InChI=1S/C33H32Cl2N4O6S/c1-2-18-36-33(41)31(20-24-10-5-3-6-11-24)37(22-25-16-17-29(34)30(35)19-25)32(40)23-38(26-12-9-13-27(21-26)39(42)43)46(44,45)28-14-7-4-8-15-28/h3-17,19,21,31H,2,18,20,22-23H2,1H3,(H,36,41)/t31-/m0/s1. The topological polar surface area (TPSA) is 130 Å². The lowest BCUT2D eigenvalue weighted by Gasteiger charge is -2.34. The number of nitrogens with zero attached hydrogens (tertiary/aromatic N) is 3. The van der Waals surface area contributed by atoms with E-state index < -0.39 is 39.3 Å². The Bertz CT molecular complexity index is 1790. The van der Waals surface area contributed by atoms with E-state index in [9.17, 15) is 28.1 Å². The van der Waals surface area contributed by atoms with Gasteiger partial charge in [0, 0.05) is 31.6 Å². The normalized spacial score (nSPS) is 11.8. The summed E-state index contributed by atoms with van der Waals surface area (Å²) in [4.78, 5) is 40.3. The van der Waals surface area contributed by atoms with Crippen LogP contribution in [-0.2, 0) is 32.6 Å². The number of carbonyl (C=O) groups excluding carboxylic acids is 2. The molecule has 2 amide bonds. The van der Waals surface area contributed by atoms with E-state index in [2.05, 4.69) is 5.32 Å². The number of amides is 2. The molecule has 0 unspecified atom stereocenters. The zero-order valence-electron chi connectivity index (χ0n) is 24.9. The van der Waals surface area contributed by atoms with Crippen LogP contribution in [0.4, 0.5) is 11.4 Å². The van der Waals surface area contributed by atoms with Crippen molar-refractivity contribution in [2.24, 2.45) is 0 Å². The van der Waals surface area contributed by atoms with Crippen molar-refractivity contribution in [2.45, 2.75) is 37.2 Å². The highest BCUT2D eigenvalue weighted by Crippen LogP contribution is 2.29. The molecule has 1 N–H and O–H groups in total. The highest BCUT2D eigenvalue weighted by Gasteiger charge is 2.35. The largest absolute Gasteiger partial charge is 0.354 e. The van der Waals surface area contributed by atoms with Gasteiger partial charge in [-0.25, -0.2) is 8.42 Å². The Labute approximate surface area is 277 Å². The van der Waals surface area contributed by atoms with Crippen molar-refractivity contribution in [1.82, 2.24) is 10.2 Å². The predicted molar refractivity (Wildman–Crippen MR) is 178 cm³/mol. The van der Waals surface area contributed by atoms with E-state index in [0.29, 0.717) is 23.6 Å². The predicted octanol–water partition coefficient (Wildman–Crippen LogP) is 6.26. The van der Waals surface area contributed by atoms with Crippen LogP contribution in [0, 0.1) is 10.1 Å². The lowest BCUT2D eigenvalue weighted by Crippen LogP contribution is -2.53. The summed E-state index contributed by atoms with van der Waals surface area (Å²) in [5.74, 6) is -1.14. The van der Waals surface area contributed by atoms with Crippen LogP contribution in [0.3, 0.4) is 0 Å². The second kappa shape index (κ2) is 15.7. The third kappa shape index (κ3) is 8.63. The number of nitro benzene ring substituents is 1. The number of nitrogens with one attached hydrogen (secondary N) is 1. The molecule has 4 aromatic carbocycles. The molecule has 0 fully saturated rings. The second-order valence-electron chi connectivity index (χ2n) is 10.4. The van der Waals surface area contributed by atoms with Gasteiger partial charge in [0.05, 0.1) is 25.6 Å². The fourth-order valence-electron chi connectivity index (χ4n) is 4.76. The van der Waals surface area contributed by atoms with E-state index in [1.54, 1.807) is 24.3 Å². The molecule has 10 nitrogen and oxygen atoms in total. The lowest BCUT2D eigenvalue weighted by atomic mass is 10.0. The van der Waals surface area contributed by atoms with Gasteiger partial charge in [0.15, 0.2) is 0 Å². The number of benzene rings is 4. The van der Waals surface area contributed by atoms with Gasteiger partial charge in [-0.2, -0.15) is 0 Å². The molecule has 0 saturated carbocycles. The molecule has 0 radical (unpaired) electrons. The molecule has 4 rings (SSSR count). The van der Waals surface area contributed by atoms with E-state index in [-0.39, 0.29) is 34.3 Å². The van der Waals surface area contributed by atoms with Crippen molar-refractivity contribution in [3.8, 4) is 0 Å². The van der Waals surface area contributed by atoms with Crippen LogP contribution >= 0.6 is 23.2 Å². The number of rotatable bonds is 14. The highest BCUT2D eigenvalue weighted by molar-refractivity contribution is 7.92. The van der Waals surface area contributed by atoms with Gasteiger partial charge >= 0.3 is 0 Å². The molecule has 4 aromatic rings. The molecule has 0 spiro atoms. The van der Waals surface area contributed by atoms with Gasteiger partial charge in [-0.3, -0.25) is 24.0 Å². The molecule has 0 heterocycles. The molecule has 0 aliphatic rings. The van der Waals surface area contributed by atoms with Crippen LogP contribution in [0.25, 0.3) is 0 Å². The van der Waals surface area contributed by atoms with Gasteiger partial charge in [-0.1, -0.05) is 90.8 Å². The maximum atomic E-state index is 14.4. The number of hydrogen-bond donors (Lipinski definition) is 1. The van der Waals surface area contributed by atoms with Crippen molar-refractivity contribution in [2.75, 3.05) is 17.4 Å². The number of non-ortho nitro benzene ring substituents is 1. The summed E-state index contributed by atoms with van der Waals surface area (Å²) in [6.07, 6.45) is 0.784. The summed E-state index contributed by atoms with van der Waals surface area (Å²) in [6, 6.07) is 25.4. The van der Waals surface area contributed by atoms with Crippen LogP contribution in [-0.4, -0.2) is 49.2 Å². The summed E-state index contributed by atoms with van der Waals surface area (Å²) in [5.41, 5.74) is 0.887. The zero-order valence-corrected chi connectivity index (χ0v) is 27.2. The molecular formula is C33H32Cl2N4O6S. The number of carbonyl (C=O) groups is 2. The molecule has 0 aromatic heterocycles. The molecule has 46 heavy (non-hydrogen) atoms. The monoisotopic (exact) mass is 682 g/mol. The minimum absolute atomic E-state index is 0.0871. The van der Waals surface area contributed by atoms with E-state index in [0.717, 1.165) is 15.9 Å². The molecular weight excluding hydrogens is 651 g/mol. The Morgan fingerprint density at radius 3 is 2.17 bits per heavy atom. The number of nitro groups is 1. The van der Waals surface area contributed by atoms with Crippen LogP contribution in [0.5, 0.6) is 0 Å². The Hall–Kier alpha value is -4.45. The van der Waals surface area contributed by atoms with Crippen LogP contribution in [0.15, 0.2) is 108 Å². The molecule has 1 atom stereocenters. The molecule has 0 bridgehead atoms. The number of anilines is 1. The average Bonchev–Trinajstić information content (AvgIpc) is 3.06. The van der Waals surface area contributed by atoms with E-state index in [4.69, 9.17) is 23.2 Å².